The van der Waals surface area contributed by atoms with Gasteiger partial charge in [0, 0.05) is 23.3 Å². The van der Waals surface area contributed by atoms with E-state index in [1.54, 1.807) is 5.57 Å². The third kappa shape index (κ3) is 3.23. The number of hydrogen-bond donors (Lipinski definition) is 1. The molecule has 0 spiro atoms. The lowest BCUT2D eigenvalue weighted by Crippen LogP contribution is -2.56. The SMILES string of the molecule is C[C@]12C=CCC=C1CC[C@@H]1[C@@H]2CC[C@@]2(C)[C@H]1CC[C@@]2(CC=O)OC(=O)NC1CCCC1. The molecule has 0 saturated heterocycles. The topological polar surface area (TPSA) is 55.4 Å². The van der Waals surface area contributed by atoms with E-state index in [4.69, 9.17) is 4.74 Å². The van der Waals surface area contributed by atoms with Gasteiger partial charge in [-0.2, -0.15) is 0 Å². The van der Waals surface area contributed by atoms with Crippen LogP contribution in [-0.4, -0.2) is 24.0 Å². The summed E-state index contributed by atoms with van der Waals surface area (Å²) in [5.74, 6) is 1.85. The number of alkyl carbamates (subject to hydrolysis) is 1. The number of fused-ring (bicyclic) bond motifs is 5. The lowest BCUT2D eigenvalue weighted by molar-refractivity contribution is -0.137. The summed E-state index contributed by atoms with van der Waals surface area (Å²) in [7, 11) is 0. The number of ether oxygens (including phenoxy) is 1. The van der Waals surface area contributed by atoms with Gasteiger partial charge in [-0.15, -0.1) is 0 Å². The first-order valence-corrected chi connectivity index (χ1v) is 12.7. The van der Waals surface area contributed by atoms with Gasteiger partial charge < -0.3 is 14.8 Å². The summed E-state index contributed by atoms with van der Waals surface area (Å²) in [4.78, 5) is 24.7. The molecule has 0 aromatic carbocycles. The molecule has 4 heteroatoms. The summed E-state index contributed by atoms with van der Waals surface area (Å²) in [6.07, 6.45) is 20.4. The fourth-order valence-electron chi connectivity index (χ4n) is 8.56. The van der Waals surface area contributed by atoms with Gasteiger partial charge in [0.05, 0.1) is 0 Å². The molecule has 170 valence electrons. The Balaban J connectivity index is 1.39. The number of nitrogens with one attached hydrogen (secondary N) is 1. The molecule has 4 fully saturated rings. The number of rotatable bonds is 4. The third-order valence-electron chi connectivity index (χ3n) is 10.3. The van der Waals surface area contributed by atoms with Crippen LogP contribution in [0.15, 0.2) is 23.8 Å². The maximum Gasteiger partial charge on any atom is 0.407 e. The van der Waals surface area contributed by atoms with E-state index in [0.29, 0.717) is 24.2 Å². The first kappa shape index (κ1) is 21.3. The lowest BCUT2D eigenvalue weighted by atomic mass is 9.47. The van der Waals surface area contributed by atoms with Gasteiger partial charge >= 0.3 is 6.09 Å². The average Bonchev–Trinajstić information content (AvgIpc) is 3.34. The maximum absolute atomic E-state index is 12.9. The second-order valence-electron chi connectivity index (χ2n) is 11.4. The number of aldehydes is 1. The molecule has 5 aliphatic rings. The predicted octanol–water partition coefficient (Wildman–Crippen LogP) is 6.11. The summed E-state index contributed by atoms with van der Waals surface area (Å²) in [5.41, 5.74) is 1.08. The Morgan fingerprint density at radius 2 is 1.90 bits per heavy atom. The minimum Gasteiger partial charge on any atom is -0.442 e. The molecule has 0 unspecified atom stereocenters. The van der Waals surface area contributed by atoms with E-state index in [2.05, 4.69) is 37.4 Å². The fraction of sp³-hybridized carbons (Fsp3) is 0.778. The van der Waals surface area contributed by atoms with Crippen molar-refractivity contribution in [1.29, 1.82) is 0 Å². The van der Waals surface area contributed by atoms with E-state index in [-0.39, 0.29) is 23.0 Å². The largest absolute Gasteiger partial charge is 0.442 e. The Morgan fingerprint density at radius 3 is 2.68 bits per heavy atom. The van der Waals surface area contributed by atoms with Crippen molar-refractivity contribution in [2.24, 2.45) is 28.6 Å². The molecule has 31 heavy (non-hydrogen) atoms. The highest BCUT2D eigenvalue weighted by atomic mass is 16.6. The van der Waals surface area contributed by atoms with Gasteiger partial charge in [0.25, 0.3) is 0 Å². The minimum atomic E-state index is -0.646. The van der Waals surface area contributed by atoms with Crippen LogP contribution < -0.4 is 5.32 Å². The molecule has 0 aliphatic heterocycles. The van der Waals surface area contributed by atoms with Crippen molar-refractivity contribution in [3.8, 4) is 0 Å². The van der Waals surface area contributed by atoms with Crippen molar-refractivity contribution < 1.29 is 14.3 Å². The Kier molecular flexibility index (Phi) is 5.34. The number of hydrogen-bond acceptors (Lipinski definition) is 3. The van der Waals surface area contributed by atoms with E-state index < -0.39 is 5.60 Å². The van der Waals surface area contributed by atoms with Gasteiger partial charge in [-0.05, 0) is 75.5 Å². The van der Waals surface area contributed by atoms with Crippen molar-refractivity contribution in [2.75, 3.05) is 0 Å². The molecule has 4 saturated carbocycles. The van der Waals surface area contributed by atoms with Crippen LogP contribution in [0.5, 0.6) is 0 Å². The molecule has 0 aromatic heterocycles. The highest BCUT2D eigenvalue weighted by Gasteiger charge is 2.65. The quantitative estimate of drug-likeness (QED) is 0.436. The van der Waals surface area contributed by atoms with Gasteiger partial charge in [0.15, 0.2) is 0 Å². The molecule has 1 N–H and O–H groups in total. The zero-order valence-electron chi connectivity index (χ0n) is 19.3. The second kappa shape index (κ2) is 7.78. The minimum absolute atomic E-state index is 0.113. The van der Waals surface area contributed by atoms with Crippen molar-refractivity contribution >= 4 is 12.4 Å². The second-order valence-corrected chi connectivity index (χ2v) is 11.4. The van der Waals surface area contributed by atoms with Gasteiger partial charge in [-0.25, -0.2) is 4.79 Å². The standard InChI is InChI=1S/C27H39NO3/c1-25-14-6-5-7-19(25)10-11-21-22(25)12-15-26(2)23(21)13-16-27(26,17-18-29)31-24(30)28-20-8-3-4-9-20/h6-7,14,18,20-23H,3-5,8-13,15-17H2,1-2H3,(H,28,30)/t21-,22+,23+,25+,26+,27+/m1/s1. The lowest BCUT2D eigenvalue weighted by Gasteiger charge is -2.58. The predicted molar refractivity (Wildman–Crippen MR) is 122 cm³/mol. The van der Waals surface area contributed by atoms with Gasteiger partial charge in [-0.1, -0.05) is 50.5 Å². The molecule has 0 heterocycles. The summed E-state index contributed by atoms with van der Waals surface area (Å²) in [5, 5.41) is 3.11. The molecule has 5 rings (SSSR count). The molecule has 6 atom stereocenters. The van der Waals surface area contributed by atoms with E-state index in [9.17, 15) is 9.59 Å². The highest BCUT2D eigenvalue weighted by molar-refractivity contribution is 5.69. The zero-order valence-corrected chi connectivity index (χ0v) is 19.3. The van der Waals surface area contributed by atoms with Gasteiger partial charge in [0.2, 0.25) is 0 Å². The molecule has 1 amide bonds. The van der Waals surface area contributed by atoms with Crippen molar-refractivity contribution in [1.82, 2.24) is 5.32 Å². The van der Waals surface area contributed by atoms with Crippen LogP contribution >= 0.6 is 0 Å². The summed E-state index contributed by atoms with van der Waals surface area (Å²) in [6.45, 7) is 4.78. The highest BCUT2D eigenvalue weighted by Crippen LogP contribution is 2.68. The number of amides is 1. The van der Waals surface area contributed by atoms with Crippen molar-refractivity contribution in [3.63, 3.8) is 0 Å². The van der Waals surface area contributed by atoms with Gasteiger partial charge in [0.1, 0.15) is 11.9 Å². The van der Waals surface area contributed by atoms with Gasteiger partial charge in [-0.3, -0.25) is 0 Å². The smallest absolute Gasteiger partial charge is 0.407 e. The van der Waals surface area contributed by atoms with Crippen LogP contribution in [0.3, 0.4) is 0 Å². The molecule has 0 radical (unpaired) electrons. The van der Waals surface area contributed by atoms with E-state index in [1.807, 2.05) is 0 Å². The van der Waals surface area contributed by atoms with Crippen LogP contribution in [0.25, 0.3) is 0 Å². The Hall–Kier alpha value is -1.58. The number of allylic oxidation sites excluding steroid dienone is 4. The van der Waals surface area contributed by atoms with Crippen molar-refractivity contribution in [3.05, 3.63) is 23.8 Å². The summed E-state index contributed by atoms with van der Waals surface area (Å²) < 4.78 is 6.28. The molecular formula is C27H39NO3. The Bertz CT molecular complexity index is 796. The number of carbonyl (C=O) groups excluding carboxylic acids is 2. The van der Waals surface area contributed by atoms with Crippen molar-refractivity contribution in [2.45, 2.75) is 103 Å². The van der Waals surface area contributed by atoms with E-state index in [1.165, 1.54) is 25.7 Å². The summed E-state index contributed by atoms with van der Waals surface area (Å²) >= 11 is 0. The monoisotopic (exact) mass is 425 g/mol. The molecule has 4 nitrogen and oxygen atoms in total. The van der Waals surface area contributed by atoms with E-state index in [0.717, 1.165) is 51.2 Å². The fourth-order valence-corrected chi connectivity index (χ4v) is 8.56. The first-order chi connectivity index (χ1) is 14.9. The normalized spacial score (nSPS) is 44.1. The van der Waals surface area contributed by atoms with Crippen LogP contribution in [0.1, 0.15) is 90.9 Å². The van der Waals surface area contributed by atoms with Crippen LogP contribution in [0, 0.1) is 28.6 Å². The van der Waals surface area contributed by atoms with Crippen LogP contribution in [0.4, 0.5) is 4.79 Å². The number of carbonyl (C=O) groups is 2. The molecular weight excluding hydrogens is 386 g/mol. The van der Waals surface area contributed by atoms with E-state index >= 15 is 0 Å². The summed E-state index contributed by atoms with van der Waals surface area (Å²) in [6, 6.07) is 0.239. The molecule has 0 bridgehead atoms. The first-order valence-electron chi connectivity index (χ1n) is 12.7. The van der Waals surface area contributed by atoms with Crippen LogP contribution in [0.2, 0.25) is 0 Å². The van der Waals surface area contributed by atoms with Crippen LogP contribution in [-0.2, 0) is 9.53 Å². The third-order valence-corrected chi connectivity index (χ3v) is 10.3. The average molecular weight is 426 g/mol. The maximum atomic E-state index is 12.9. The Morgan fingerprint density at radius 1 is 1.13 bits per heavy atom. The Labute approximate surface area is 187 Å². The molecule has 0 aromatic rings. The molecule has 5 aliphatic carbocycles. The zero-order chi connectivity index (χ0) is 21.7.